The number of hydrogen-bond donors (Lipinski definition) is 2. The lowest BCUT2D eigenvalue weighted by atomic mass is 10.0. The van der Waals surface area contributed by atoms with Crippen molar-refractivity contribution < 1.29 is 0 Å². The fraction of sp³-hybridized carbons (Fsp3) is 0.455. The summed E-state index contributed by atoms with van der Waals surface area (Å²) >= 11 is 0. The molecule has 0 aliphatic heterocycles. The summed E-state index contributed by atoms with van der Waals surface area (Å²) < 4.78 is 0. The van der Waals surface area contributed by atoms with E-state index < -0.39 is 0 Å². The molecule has 0 saturated carbocycles. The molecule has 0 spiro atoms. The lowest BCUT2D eigenvalue weighted by Crippen LogP contribution is -2.27. The normalized spacial score (nSPS) is 22.0. The molecule has 0 bridgehead atoms. The third-order valence-corrected chi connectivity index (χ3v) is 2.49. The maximum Gasteiger partial charge on any atom is 0.0253 e. The average molecular weight is 176 g/mol. The van der Waals surface area contributed by atoms with Crippen molar-refractivity contribution in [1.82, 2.24) is 10.3 Å². The van der Waals surface area contributed by atoms with Crippen LogP contribution in [0.5, 0.6) is 0 Å². The Morgan fingerprint density at radius 1 is 1.54 bits per heavy atom. The van der Waals surface area contributed by atoms with Gasteiger partial charge in [-0.05, 0) is 30.9 Å². The number of aromatic nitrogens is 1. The lowest BCUT2D eigenvalue weighted by Gasteiger charge is -2.17. The first-order valence-corrected chi connectivity index (χ1v) is 4.97. The van der Waals surface area contributed by atoms with Crippen LogP contribution in [0.1, 0.15) is 24.8 Å². The Bertz CT molecular complexity index is 262. The first kappa shape index (κ1) is 8.57. The highest BCUT2D eigenvalue weighted by Crippen LogP contribution is 2.10. The molecule has 0 saturated heterocycles. The molecule has 0 aromatic carbocycles. The molecule has 1 aliphatic rings. The van der Waals surface area contributed by atoms with Gasteiger partial charge in [-0.3, -0.25) is 0 Å². The molecule has 13 heavy (non-hydrogen) atoms. The highest BCUT2D eigenvalue weighted by molar-refractivity contribution is 5.09. The molecule has 1 aliphatic carbocycles. The second-order valence-electron chi connectivity index (χ2n) is 3.57. The van der Waals surface area contributed by atoms with Gasteiger partial charge in [0.1, 0.15) is 0 Å². The van der Waals surface area contributed by atoms with Crippen molar-refractivity contribution in [1.29, 1.82) is 0 Å². The van der Waals surface area contributed by atoms with Crippen LogP contribution >= 0.6 is 0 Å². The van der Waals surface area contributed by atoms with Crippen molar-refractivity contribution in [3.05, 3.63) is 36.2 Å². The van der Waals surface area contributed by atoms with Crippen molar-refractivity contribution in [2.75, 3.05) is 0 Å². The number of hydrogen-bond acceptors (Lipinski definition) is 1. The van der Waals surface area contributed by atoms with E-state index in [1.165, 1.54) is 24.8 Å². The van der Waals surface area contributed by atoms with Crippen LogP contribution in [0, 0.1) is 0 Å². The largest absolute Gasteiger partial charge is 0.367 e. The standard InChI is InChI=1S/C11H16N2/c1-2-4-11(5-3-1)13-9-10-6-7-12-8-10/h2,4,6-8,11-13H,1,3,5,9H2. The van der Waals surface area contributed by atoms with Gasteiger partial charge < -0.3 is 10.3 Å². The Hall–Kier alpha value is -1.02. The van der Waals surface area contributed by atoms with E-state index in [9.17, 15) is 0 Å². The first-order valence-electron chi connectivity index (χ1n) is 4.97. The monoisotopic (exact) mass is 176 g/mol. The highest BCUT2D eigenvalue weighted by atomic mass is 14.9. The molecule has 2 heteroatoms. The molecule has 0 amide bonds. The van der Waals surface area contributed by atoms with Crippen molar-refractivity contribution in [2.24, 2.45) is 0 Å². The van der Waals surface area contributed by atoms with Crippen LogP contribution in [0.2, 0.25) is 0 Å². The van der Waals surface area contributed by atoms with Crippen molar-refractivity contribution in [2.45, 2.75) is 31.8 Å². The van der Waals surface area contributed by atoms with Crippen LogP contribution in [-0.2, 0) is 6.54 Å². The maximum atomic E-state index is 3.52. The smallest absolute Gasteiger partial charge is 0.0253 e. The van der Waals surface area contributed by atoms with Crippen LogP contribution in [0.4, 0.5) is 0 Å². The van der Waals surface area contributed by atoms with Crippen molar-refractivity contribution in [3.63, 3.8) is 0 Å². The minimum Gasteiger partial charge on any atom is -0.367 e. The Morgan fingerprint density at radius 3 is 3.23 bits per heavy atom. The zero-order valence-electron chi connectivity index (χ0n) is 7.79. The summed E-state index contributed by atoms with van der Waals surface area (Å²) in [7, 11) is 0. The predicted octanol–water partition coefficient (Wildman–Crippen LogP) is 2.21. The Labute approximate surface area is 79.0 Å². The van der Waals surface area contributed by atoms with Crippen LogP contribution in [0.3, 0.4) is 0 Å². The molecule has 2 rings (SSSR count). The SMILES string of the molecule is C1=CC(NCc2cc[nH]c2)CCC1. The summed E-state index contributed by atoms with van der Waals surface area (Å²) in [5, 5.41) is 3.52. The molecule has 1 aromatic rings. The van der Waals surface area contributed by atoms with Gasteiger partial charge in [0.2, 0.25) is 0 Å². The second kappa shape index (κ2) is 4.28. The first-order chi connectivity index (χ1) is 6.45. The molecule has 1 aromatic heterocycles. The minimum atomic E-state index is 0.587. The summed E-state index contributed by atoms with van der Waals surface area (Å²) in [5.41, 5.74) is 1.33. The summed E-state index contributed by atoms with van der Waals surface area (Å²) in [6.45, 7) is 0.971. The van der Waals surface area contributed by atoms with E-state index in [4.69, 9.17) is 0 Å². The van der Waals surface area contributed by atoms with Crippen LogP contribution in [0.25, 0.3) is 0 Å². The minimum absolute atomic E-state index is 0.587. The third kappa shape index (κ3) is 2.46. The number of rotatable bonds is 3. The molecule has 2 nitrogen and oxygen atoms in total. The molecular weight excluding hydrogens is 160 g/mol. The van der Waals surface area contributed by atoms with Gasteiger partial charge >= 0.3 is 0 Å². The van der Waals surface area contributed by atoms with E-state index in [0.717, 1.165) is 6.54 Å². The van der Waals surface area contributed by atoms with Crippen molar-refractivity contribution in [3.8, 4) is 0 Å². The van der Waals surface area contributed by atoms with Gasteiger partial charge in [0, 0.05) is 25.0 Å². The predicted molar refractivity (Wildman–Crippen MR) is 54.4 cm³/mol. The lowest BCUT2D eigenvalue weighted by molar-refractivity contribution is 0.522. The Morgan fingerprint density at radius 2 is 2.54 bits per heavy atom. The van der Waals surface area contributed by atoms with Gasteiger partial charge in [-0.2, -0.15) is 0 Å². The van der Waals surface area contributed by atoms with Gasteiger partial charge in [0.25, 0.3) is 0 Å². The van der Waals surface area contributed by atoms with Gasteiger partial charge in [-0.15, -0.1) is 0 Å². The number of allylic oxidation sites excluding steroid dienone is 1. The molecule has 2 N–H and O–H groups in total. The molecular formula is C11H16N2. The molecule has 1 unspecified atom stereocenters. The summed E-state index contributed by atoms with van der Waals surface area (Å²) in [5.74, 6) is 0. The molecule has 1 atom stereocenters. The Kier molecular flexibility index (Phi) is 2.82. The maximum absolute atomic E-state index is 3.52. The van der Waals surface area contributed by atoms with Crippen LogP contribution in [0.15, 0.2) is 30.6 Å². The average Bonchev–Trinajstić information content (AvgIpc) is 2.69. The van der Waals surface area contributed by atoms with Crippen LogP contribution in [-0.4, -0.2) is 11.0 Å². The van der Waals surface area contributed by atoms with Gasteiger partial charge in [0.05, 0.1) is 0 Å². The fourth-order valence-corrected chi connectivity index (χ4v) is 1.70. The zero-order chi connectivity index (χ0) is 8.93. The van der Waals surface area contributed by atoms with E-state index in [-0.39, 0.29) is 0 Å². The van der Waals surface area contributed by atoms with Crippen LogP contribution < -0.4 is 5.32 Å². The highest BCUT2D eigenvalue weighted by Gasteiger charge is 2.06. The molecule has 70 valence electrons. The fourth-order valence-electron chi connectivity index (χ4n) is 1.70. The molecule has 0 radical (unpaired) electrons. The van der Waals surface area contributed by atoms with Gasteiger partial charge in [0.15, 0.2) is 0 Å². The third-order valence-electron chi connectivity index (χ3n) is 2.49. The number of nitrogens with one attached hydrogen (secondary N) is 2. The van der Waals surface area contributed by atoms with E-state index >= 15 is 0 Å². The number of H-pyrrole nitrogens is 1. The van der Waals surface area contributed by atoms with E-state index in [2.05, 4.69) is 28.5 Å². The van der Waals surface area contributed by atoms with Gasteiger partial charge in [-0.1, -0.05) is 12.2 Å². The Balaban J connectivity index is 1.79. The summed E-state index contributed by atoms with van der Waals surface area (Å²) in [4.78, 5) is 3.06. The van der Waals surface area contributed by atoms with Crippen molar-refractivity contribution >= 4 is 0 Å². The zero-order valence-corrected chi connectivity index (χ0v) is 7.79. The second-order valence-corrected chi connectivity index (χ2v) is 3.57. The van der Waals surface area contributed by atoms with E-state index in [1.54, 1.807) is 0 Å². The van der Waals surface area contributed by atoms with E-state index in [1.807, 2.05) is 12.4 Å². The molecule has 1 heterocycles. The van der Waals surface area contributed by atoms with Gasteiger partial charge in [-0.25, -0.2) is 0 Å². The summed E-state index contributed by atoms with van der Waals surface area (Å²) in [6, 6.07) is 2.70. The summed E-state index contributed by atoms with van der Waals surface area (Å²) in [6.07, 6.45) is 12.4. The quantitative estimate of drug-likeness (QED) is 0.679. The molecule has 0 fully saturated rings. The number of aromatic amines is 1. The topological polar surface area (TPSA) is 27.8 Å². The van der Waals surface area contributed by atoms with E-state index in [0.29, 0.717) is 6.04 Å².